The van der Waals surface area contributed by atoms with E-state index in [0.29, 0.717) is 23.7 Å². The Kier molecular flexibility index (Phi) is 6.04. The quantitative estimate of drug-likeness (QED) is 0.794. The first-order chi connectivity index (χ1) is 12.6. The van der Waals surface area contributed by atoms with Crippen LogP contribution in [0.4, 0.5) is 10.5 Å². The van der Waals surface area contributed by atoms with Gasteiger partial charge in [-0.25, -0.2) is 4.79 Å². The number of ether oxygens (including phenoxy) is 2. The highest BCUT2D eigenvalue weighted by molar-refractivity contribution is 7.10. The van der Waals surface area contributed by atoms with Gasteiger partial charge >= 0.3 is 6.03 Å². The molecule has 0 aliphatic heterocycles. The standard InChI is InChI=1S/C20H26N2O3S/c1-13-4-6-16-14(12-26-19(16)10-13)8-9-21-20(23)22-17-11-15(24-2)5-7-18(17)25-3/h5,7,11-13H,4,6,8-10H2,1-3H3,(H2,21,22,23). The van der Waals surface area contributed by atoms with Crippen LogP contribution >= 0.6 is 11.3 Å². The van der Waals surface area contributed by atoms with Crippen LogP contribution in [-0.2, 0) is 19.3 Å². The van der Waals surface area contributed by atoms with Crippen LogP contribution in [0.25, 0.3) is 0 Å². The lowest BCUT2D eigenvalue weighted by Gasteiger charge is -2.19. The Bertz CT molecular complexity index is 772. The third kappa shape index (κ3) is 4.30. The first-order valence-corrected chi connectivity index (χ1v) is 9.83. The van der Waals surface area contributed by atoms with Gasteiger partial charge in [0.2, 0.25) is 0 Å². The maximum atomic E-state index is 12.2. The number of thiophene rings is 1. The average molecular weight is 375 g/mol. The Hall–Kier alpha value is -2.21. The lowest BCUT2D eigenvalue weighted by atomic mass is 9.88. The molecule has 0 spiro atoms. The van der Waals surface area contributed by atoms with Gasteiger partial charge in [0.1, 0.15) is 11.5 Å². The van der Waals surface area contributed by atoms with Crippen molar-refractivity contribution in [3.8, 4) is 11.5 Å². The van der Waals surface area contributed by atoms with Crippen molar-refractivity contribution in [2.45, 2.75) is 32.6 Å². The lowest BCUT2D eigenvalue weighted by Crippen LogP contribution is -2.30. The van der Waals surface area contributed by atoms with Gasteiger partial charge in [0.05, 0.1) is 19.9 Å². The number of fused-ring (bicyclic) bond motifs is 1. The van der Waals surface area contributed by atoms with Crippen molar-refractivity contribution in [3.05, 3.63) is 39.6 Å². The van der Waals surface area contributed by atoms with Gasteiger partial charge in [-0.1, -0.05) is 6.92 Å². The molecule has 5 nitrogen and oxygen atoms in total. The normalized spacial score (nSPS) is 15.9. The number of methoxy groups -OCH3 is 2. The molecule has 0 saturated heterocycles. The maximum absolute atomic E-state index is 12.2. The number of rotatable bonds is 6. The van der Waals surface area contributed by atoms with Crippen LogP contribution in [0.1, 0.15) is 29.3 Å². The molecule has 0 radical (unpaired) electrons. The molecule has 0 bridgehead atoms. The minimum absolute atomic E-state index is 0.241. The van der Waals surface area contributed by atoms with Gasteiger partial charge in [-0.2, -0.15) is 0 Å². The van der Waals surface area contributed by atoms with E-state index in [9.17, 15) is 4.79 Å². The molecule has 2 amide bonds. The Morgan fingerprint density at radius 1 is 1.31 bits per heavy atom. The Morgan fingerprint density at radius 2 is 2.15 bits per heavy atom. The van der Waals surface area contributed by atoms with Gasteiger partial charge in [0.15, 0.2) is 0 Å². The largest absolute Gasteiger partial charge is 0.497 e. The number of anilines is 1. The second-order valence-electron chi connectivity index (χ2n) is 6.71. The Balaban J connectivity index is 1.54. The first kappa shape index (κ1) is 18.6. The molecule has 2 aromatic rings. The molecule has 1 atom stereocenters. The number of carbonyl (C=O) groups is 1. The average Bonchev–Trinajstić information content (AvgIpc) is 3.03. The zero-order valence-corrected chi connectivity index (χ0v) is 16.4. The highest BCUT2D eigenvalue weighted by Gasteiger charge is 2.19. The molecule has 1 heterocycles. The van der Waals surface area contributed by atoms with Crippen molar-refractivity contribution >= 4 is 23.1 Å². The SMILES string of the molecule is COc1ccc(OC)c(NC(=O)NCCc2csc3c2CCC(C)C3)c1. The monoisotopic (exact) mass is 374 g/mol. The van der Waals surface area contributed by atoms with Gasteiger partial charge in [0, 0.05) is 17.5 Å². The van der Waals surface area contributed by atoms with E-state index < -0.39 is 0 Å². The molecule has 140 valence electrons. The second-order valence-corrected chi connectivity index (χ2v) is 7.67. The van der Waals surface area contributed by atoms with Crippen LogP contribution < -0.4 is 20.1 Å². The molecule has 6 heteroatoms. The first-order valence-electron chi connectivity index (χ1n) is 8.95. The molecule has 1 unspecified atom stereocenters. The van der Waals surface area contributed by atoms with E-state index in [0.717, 1.165) is 12.3 Å². The van der Waals surface area contributed by atoms with Crippen molar-refractivity contribution < 1.29 is 14.3 Å². The number of urea groups is 1. The van der Waals surface area contributed by atoms with Crippen LogP contribution in [0.3, 0.4) is 0 Å². The summed E-state index contributed by atoms with van der Waals surface area (Å²) in [6, 6.07) is 5.07. The van der Waals surface area contributed by atoms with Crippen molar-refractivity contribution in [1.29, 1.82) is 0 Å². The Labute approximate surface area is 158 Å². The topological polar surface area (TPSA) is 59.6 Å². The molecule has 1 aromatic carbocycles. The number of benzene rings is 1. The highest BCUT2D eigenvalue weighted by atomic mass is 32.1. The summed E-state index contributed by atoms with van der Waals surface area (Å²) < 4.78 is 10.5. The summed E-state index contributed by atoms with van der Waals surface area (Å²) in [4.78, 5) is 13.8. The fourth-order valence-electron chi connectivity index (χ4n) is 3.34. The number of hydrogen-bond donors (Lipinski definition) is 2. The van der Waals surface area contributed by atoms with E-state index in [1.807, 2.05) is 11.3 Å². The van der Waals surface area contributed by atoms with Gasteiger partial charge in [-0.15, -0.1) is 11.3 Å². The predicted octanol–water partition coefficient (Wildman–Crippen LogP) is 4.25. The van der Waals surface area contributed by atoms with Crippen LogP contribution in [-0.4, -0.2) is 26.8 Å². The molecule has 1 aliphatic rings. The molecule has 1 aliphatic carbocycles. The molecular formula is C20H26N2O3S. The van der Waals surface area contributed by atoms with E-state index in [1.165, 1.54) is 35.3 Å². The van der Waals surface area contributed by atoms with Crippen LogP contribution in [0.5, 0.6) is 11.5 Å². The molecule has 1 aromatic heterocycles. The van der Waals surface area contributed by atoms with Crippen molar-refractivity contribution in [2.24, 2.45) is 5.92 Å². The minimum atomic E-state index is -0.241. The van der Waals surface area contributed by atoms with Gasteiger partial charge in [-0.3, -0.25) is 0 Å². The second kappa shape index (κ2) is 8.45. The summed E-state index contributed by atoms with van der Waals surface area (Å²) in [6.45, 7) is 2.93. The molecular weight excluding hydrogens is 348 g/mol. The van der Waals surface area contributed by atoms with E-state index in [-0.39, 0.29) is 6.03 Å². The zero-order valence-electron chi connectivity index (χ0n) is 15.6. The lowest BCUT2D eigenvalue weighted by molar-refractivity contribution is 0.252. The van der Waals surface area contributed by atoms with Crippen molar-refractivity contribution in [2.75, 3.05) is 26.1 Å². The highest BCUT2D eigenvalue weighted by Crippen LogP contribution is 2.33. The third-order valence-electron chi connectivity index (χ3n) is 4.82. The number of amides is 2. The smallest absolute Gasteiger partial charge is 0.319 e. The third-order valence-corrected chi connectivity index (χ3v) is 5.92. The number of hydrogen-bond acceptors (Lipinski definition) is 4. The fraction of sp³-hybridized carbons (Fsp3) is 0.450. The molecule has 0 saturated carbocycles. The summed E-state index contributed by atoms with van der Waals surface area (Å²) in [6.07, 6.45) is 4.50. The Morgan fingerprint density at radius 3 is 2.92 bits per heavy atom. The maximum Gasteiger partial charge on any atom is 0.319 e. The summed E-state index contributed by atoms with van der Waals surface area (Å²) >= 11 is 1.87. The van der Waals surface area contributed by atoms with E-state index in [4.69, 9.17) is 9.47 Å². The van der Waals surface area contributed by atoms with Crippen LogP contribution in [0.15, 0.2) is 23.6 Å². The number of nitrogens with one attached hydrogen (secondary N) is 2. The van der Waals surface area contributed by atoms with E-state index in [2.05, 4.69) is 22.9 Å². The van der Waals surface area contributed by atoms with Gasteiger partial charge in [0.25, 0.3) is 0 Å². The van der Waals surface area contributed by atoms with Crippen molar-refractivity contribution in [3.63, 3.8) is 0 Å². The fourth-order valence-corrected chi connectivity index (χ4v) is 4.64. The minimum Gasteiger partial charge on any atom is -0.497 e. The molecule has 3 rings (SSSR count). The van der Waals surface area contributed by atoms with E-state index in [1.54, 1.807) is 32.4 Å². The van der Waals surface area contributed by atoms with Gasteiger partial charge in [-0.05, 0) is 60.2 Å². The molecule has 2 N–H and O–H groups in total. The summed E-state index contributed by atoms with van der Waals surface area (Å²) in [5, 5.41) is 8.02. The molecule has 0 fully saturated rings. The van der Waals surface area contributed by atoms with Crippen LogP contribution in [0.2, 0.25) is 0 Å². The zero-order chi connectivity index (χ0) is 18.5. The van der Waals surface area contributed by atoms with E-state index >= 15 is 0 Å². The van der Waals surface area contributed by atoms with Crippen LogP contribution in [0, 0.1) is 5.92 Å². The van der Waals surface area contributed by atoms with Crippen molar-refractivity contribution in [1.82, 2.24) is 5.32 Å². The van der Waals surface area contributed by atoms with Gasteiger partial charge < -0.3 is 20.1 Å². The summed E-state index contributed by atoms with van der Waals surface area (Å²) in [5.74, 6) is 2.05. The number of carbonyl (C=O) groups excluding carboxylic acids is 1. The summed E-state index contributed by atoms with van der Waals surface area (Å²) in [5.41, 5.74) is 3.49. The molecule has 26 heavy (non-hydrogen) atoms. The predicted molar refractivity (Wildman–Crippen MR) is 106 cm³/mol. The summed E-state index contributed by atoms with van der Waals surface area (Å²) in [7, 11) is 3.17.